The predicted octanol–water partition coefficient (Wildman–Crippen LogP) is 0.661. The van der Waals surface area contributed by atoms with Gasteiger partial charge in [0.15, 0.2) is 0 Å². The summed E-state index contributed by atoms with van der Waals surface area (Å²) < 4.78 is 30.5. The van der Waals surface area contributed by atoms with Crippen molar-refractivity contribution < 1.29 is 22.8 Å². The molecule has 9 heteroatoms. The SMILES string of the molecule is Cc1cc(CS(=O)(=O)N2C(C)SCC2C(=O)O)no1. The third kappa shape index (κ3) is 2.93. The summed E-state index contributed by atoms with van der Waals surface area (Å²) >= 11 is 1.31. The summed E-state index contributed by atoms with van der Waals surface area (Å²) in [5.41, 5.74) is 0.283. The average molecular weight is 306 g/mol. The van der Waals surface area contributed by atoms with E-state index in [1.807, 2.05) is 0 Å². The highest BCUT2D eigenvalue weighted by molar-refractivity contribution is 8.01. The molecule has 0 aromatic carbocycles. The maximum atomic E-state index is 12.3. The molecule has 0 aliphatic carbocycles. The lowest BCUT2D eigenvalue weighted by molar-refractivity contribution is -0.140. The molecule has 1 aromatic heterocycles. The summed E-state index contributed by atoms with van der Waals surface area (Å²) in [6.07, 6.45) is 0. The monoisotopic (exact) mass is 306 g/mol. The fraction of sp³-hybridized carbons (Fsp3) is 0.600. The van der Waals surface area contributed by atoms with Gasteiger partial charge in [-0.3, -0.25) is 4.79 Å². The first kappa shape index (κ1) is 14.4. The molecule has 1 saturated heterocycles. The molecule has 0 spiro atoms. The highest BCUT2D eigenvalue weighted by atomic mass is 32.2. The van der Waals surface area contributed by atoms with Crippen LogP contribution in [0.25, 0.3) is 0 Å². The Morgan fingerprint density at radius 3 is 2.89 bits per heavy atom. The van der Waals surface area contributed by atoms with E-state index in [-0.39, 0.29) is 22.6 Å². The van der Waals surface area contributed by atoms with Crippen LogP contribution >= 0.6 is 11.8 Å². The normalized spacial score (nSPS) is 24.7. The van der Waals surface area contributed by atoms with Crippen molar-refractivity contribution in [3.05, 3.63) is 17.5 Å². The third-order valence-electron chi connectivity index (χ3n) is 2.77. The number of carbonyl (C=O) groups is 1. The summed E-state index contributed by atoms with van der Waals surface area (Å²) in [6, 6.07) is 0.513. The van der Waals surface area contributed by atoms with Crippen molar-refractivity contribution >= 4 is 27.8 Å². The van der Waals surface area contributed by atoms with Gasteiger partial charge in [0.2, 0.25) is 10.0 Å². The Morgan fingerprint density at radius 2 is 2.37 bits per heavy atom. The Hall–Kier alpha value is -1.06. The molecule has 1 aromatic rings. The average Bonchev–Trinajstić information content (AvgIpc) is 2.84. The van der Waals surface area contributed by atoms with Gasteiger partial charge in [0, 0.05) is 11.8 Å². The van der Waals surface area contributed by atoms with Crippen LogP contribution in [0.15, 0.2) is 10.6 Å². The molecule has 106 valence electrons. The number of sulfonamides is 1. The minimum Gasteiger partial charge on any atom is -0.480 e. The summed E-state index contributed by atoms with van der Waals surface area (Å²) in [7, 11) is -3.73. The van der Waals surface area contributed by atoms with Crippen LogP contribution in [0, 0.1) is 6.92 Å². The minimum absolute atomic E-state index is 0.258. The van der Waals surface area contributed by atoms with E-state index in [0.717, 1.165) is 4.31 Å². The summed E-state index contributed by atoms with van der Waals surface area (Å²) in [6.45, 7) is 3.34. The second-order valence-electron chi connectivity index (χ2n) is 4.30. The number of aromatic nitrogens is 1. The molecule has 1 fully saturated rings. The first-order valence-electron chi connectivity index (χ1n) is 5.59. The van der Waals surface area contributed by atoms with Crippen molar-refractivity contribution in [3.63, 3.8) is 0 Å². The van der Waals surface area contributed by atoms with Crippen LogP contribution in [0.4, 0.5) is 0 Å². The van der Waals surface area contributed by atoms with E-state index in [0.29, 0.717) is 5.76 Å². The van der Waals surface area contributed by atoms with Gasteiger partial charge in [-0.15, -0.1) is 11.8 Å². The van der Waals surface area contributed by atoms with Crippen molar-refractivity contribution in [1.82, 2.24) is 9.46 Å². The van der Waals surface area contributed by atoms with Gasteiger partial charge in [-0.2, -0.15) is 4.31 Å². The topological polar surface area (TPSA) is 101 Å². The molecule has 2 rings (SSSR count). The molecule has 19 heavy (non-hydrogen) atoms. The minimum atomic E-state index is -3.73. The summed E-state index contributed by atoms with van der Waals surface area (Å²) in [4.78, 5) is 11.1. The summed E-state index contributed by atoms with van der Waals surface area (Å²) in [5, 5.41) is 12.3. The van der Waals surface area contributed by atoms with Crippen LogP contribution in [-0.2, 0) is 20.6 Å². The Bertz CT molecular complexity index is 582. The Labute approximate surface area is 115 Å². The lowest BCUT2D eigenvalue weighted by Crippen LogP contribution is -2.45. The summed E-state index contributed by atoms with van der Waals surface area (Å²) in [5.74, 6) is -0.701. The molecule has 2 heterocycles. The quantitative estimate of drug-likeness (QED) is 0.872. The maximum absolute atomic E-state index is 12.3. The molecule has 1 N–H and O–H groups in total. The van der Waals surface area contributed by atoms with Crippen LogP contribution in [-0.4, -0.2) is 46.1 Å². The van der Waals surface area contributed by atoms with Crippen molar-refractivity contribution in [2.24, 2.45) is 0 Å². The van der Waals surface area contributed by atoms with Crippen LogP contribution < -0.4 is 0 Å². The van der Waals surface area contributed by atoms with E-state index in [1.54, 1.807) is 13.8 Å². The molecular formula is C10H14N2O5S2. The van der Waals surface area contributed by atoms with Gasteiger partial charge in [-0.05, 0) is 13.8 Å². The van der Waals surface area contributed by atoms with E-state index in [1.165, 1.54) is 17.8 Å². The molecule has 1 aliphatic heterocycles. The number of nitrogens with zero attached hydrogens (tertiary/aromatic N) is 2. The van der Waals surface area contributed by atoms with E-state index < -0.39 is 22.0 Å². The molecule has 0 radical (unpaired) electrons. The highest BCUT2D eigenvalue weighted by Crippen LogP contribution is 2.32. The first-order valence-corrected chi connectivity index (χ1v) is 8.25. The number of carboxylic acids is 1. The van der Waals surface area contributed by atoms with Gasteiger partial charge in [0.1, 0.15) is 23.2 Å². The standard InChI is InChI=1S/C10H14N2O5S2/c1-6-3-8(11-17-6)5-19(15,16)12-7(2)18-4-9(12)10(13)14/h3,7,9H,4-5H2,1-2H3,(H,13,14). The second-order valence-corrected chi connectivity index (χ2v) is 7.52. The van der Waals surface area contributed by atoms with Crippen LogP contribution in [0.1, 0.15) is 18.4 Å². The zero-order chi connectivity index (χ0) is 14.2. The smallest absolute Gasteiger partial charge is 0.322 e. The molecule has 0 saturated carbocycles. The fourth-order valence-corrected chi connectivity index (χ4v) is 5.37. The van der Waals surface area contributed by atoms with Gasteiger partial charge in [-0.1, -0.05) is 5.16 Å². The van der Waals surface area contributed by atoms with Gasteiger partial charge in [-0.25, -0.2) is 8.42 Å². The first-order chi connectivity index (χ1) is 8.81. The van der Waals surface area contributed by atoms with Crippen molar-refractivity contribution in [2.75, 3.05) is 5.75 Å². The number of thioether (sulfide) groups is 1. The fourth-order valence-electron chi connectivity index (χ4n) is 1.98. The van der Waals surface area contributed by atoms with Crippen molar-refractivity contribution in [1.29, 1.82) is 0 Å². The zero-order valence-corrected chi connectivity index (χ0v) is 12.1. The number of carboxylic acid groups (broad SMARTS) is 1. The number of hydrogen-bond acceptors (Lipinski definition) is 6. The number of aryl methyl sites for hydroxylation is 1. The van der Waals surface area contributed by atoms with Crippen molar-refractivity contribution in [3.8, 4) is 0 Å². The van der Waals surface area contributed by atoms with Gasteiger partial charge in [0.25, 0.3) is 0 Å². The van der Waals surface area contributed by atoms with E-state index >= 15 is 0 Å². The van der Waals surface area contributed by atoms with Gasteiger partial charge >= 0.3 is 5.97 Å². The van der Waals surface area contributed by atoms with Gasteiger partial charge < -0.3 is 9.63 Å². The van der Waals surface area contributed by atoms with Crippen LogP contribution in [0.2, 0.25) is 0 Å². The lowest BCUT2D eigenvalue weighted by atomic mass is 10.3. The molecule has 0 bridgehead atoms. The Kier molecular flexibility index (Phi) is 3.88. The Morgan fingerprint density at radius 1 is 1.68 bits per heavy atom. The Balaban J connectivity index is 2.25. The molecule has 0 amide bonds. The number of aliphatic carboxylic acids is 1. The predicted molar refractivity (Wildman–Crippen MR) is 69.0 cm³/mol. The van der Waals surface area contributed by atoms with E-state index in [4.69, 9.17) is 9.63 Å². The van der Waals surface area contributed by atoms with Crippen LogP contribution in [0.5, 0.6) is 0 Å². The molecular weight excluding hydrogens is 292 g/mol. The second kappa shape index (κ2) is 5.14. The zero-order valence-electron chi connectivity index (χ0n) is 10.4. The van der Waals surface area contributed by atoms with Crippen LogP contribution in [0.3, 0.4) is 0 Å². The molecule has 7 nitrogen and oxygen atoms in total. The largest absolute Gasteiger partial charge is 0.480 e. The maximum Gasteiger partial charge on any atom is 0.322 e. The number of hydrogen-bond donors (Lipinski definition) is 1. The third-order valence-corrected chi connectivity index (χ3v) is 6.00. The number of rotatable bonds is 4. The molecule has 2 unspecified atom stereocenters. The van der Waals surface area contributed by atoms with Gasteiger partial charge in [0.05, 0.1) is 5.37 Å². The van der Waals surface area contributed by atoms with E-state index in [9.17, 15) is 13.2 Å². The molecule has 1 aliphatic rings. The van der Waals surface area contributed by atoms with E-state index in [2.05, 4.69) is 5.16 Å². The molecule has 2 atom stereocenters. The van der Waals surface area contributed by atoms with Crippen molar-refractivity contribution in [2.45, 2.75) is 31.0 Å². The lowest BCUT2D eigenvalue weighted by Gasteiger charge is -2.23. The highest BCUT2D eigenvalue weighted by Gasteiger charge is 2.44.